The molecule has 5 nitrogen and oxygen atoms in total. The van der Waals surface area contributed by atoms with Crippen LogP contribution in [-0.2, 0) is 11.3 Å². The summed E-state index contributed by atoms with van der Waals surface area (Å²) in [6.07, 6.45) is 0. The summed E-state index contributed by atoms with van der Waals surface area (Å²) in [5, 5.41) is 4.06. The van der Waals surface area contributed by atoms with Crippen LogP contribution in [0.4, 0.5) is 0 Å². The van der Waals surface area contributed by atoms with Crippen molar-refractivity contribution in [2.75, 3.05) is 13.2 Å². The van der Waals surface area contributed by atoms with Gasteiger partial charge in [0.05, 0.1) is 24.2 Å². The van der Waals surface area contributed by atoms with Crippen molar-refractivity contribution in [3.8, 4) is 0 Å². The van der Waals surface area contributed by atoms with E-state index in [-0.39, 0.29) is 12.6 Å². The third kappa shape index (κ3) is 3.16. The van der Waals surface area contributed by atoms with Crippen LogP contribution in [0.5, 0.6) is 0 Å². The molecular weight excluding hydrogens is 326 g/mol. The smallest absolute Gasteiger partial charge is 0.338 e. The molecule has 0 atom stereocenters. The first kappa shape index (κ1) is 16.3. The maximum atomic E-state index is 12.5. The molecule has 0 fully saturated rings. The molecule has 0 amide bonds. The first-order chi connectivity index (χ1) is 12.7. The molecule has 2 heterocycles. The number of carbonyl (C=O) groups excluding carboxylic acids is 1. The summed E-state index contributed by atoms with van der Waals surface area (Å²) >= 11 is 0. The quantitative estimate of drug-likeness (QED) is 0.582. The molecule has 0 bridgehead atoms. The molecule has 0 aliphatic carbocycles. The number of hydrogen-bond acceptors (Lipinski definition) is 5. The number of carbonyl (C=O) groups is 1. The summed E-state index contributed by atoms with van der Waals surface area (Å²) in [5.41, 5.74) is 4.48. The summed E-state index contributed by atoms with van der Waals surface area (Å²) in [4.78, 5) is 21.4. The number of fused-ring (bicyclic) bond motifs is 2. The number of benzene rings is 2. The number of para-hydroxylation sites is 1. The van der Waals surface area contributed by atoms with Crippen LogP contribution in [0.1, 0.15) is 27.2 Å². The van der Waals surface area contributed by atoms with E-state index in [0.717, 1.165) is 28.0 Å². The molecule has 1 aliphatic rings. The van der Waals surface area contributed by atoms with Crippen molar-refractivity contribution in [3.05, 3.63) is 77.0 Å². The van der Waals surface area contributed by atoms with E-state index < -0.39 is 0 Å². The fraction of sp³-hybridized carbons (Fsp3) is 0.190. The number of amidine groups is 1. The molecule has 0 spiro atoms. The molecule has 5 heteroatoms. The van der Waals surface area contributed by atoms with Gasteiger partial charge in [-0.15, -0.1) is 0 Å². The Morgan fingerprint density at radius 3 is 2.88 bits per heavy atom. The summed E-state index contributed by atoms with van der Waals surface area (Å²) < 4.78 is 5.45. The maximum absolute atomic E-state index is 12.5. The SMILES string of the molecule is Cc1cc(C(=O)OCCNC2=NCc3ccccc32)c2ccccc2n1. The van der Waals surface area contributed by atoms with E-state index >= 15 is 0 Å². The fourth-order valence-electron chi connectivity index (χ4n) is 3.16. The molecule has 3 aromatic rings. The Morgan fingerprint density at radius 1 is 1.15 bits per heavy atom. The van der Waals surface area contributed by atoms with E-state index in [1.807, 2.05) is 49.4 Å². The van der Waals surface area contributed by atoms with E-state index in [4.69, 9.17) is 4.74 Å². The predicted octanol–water partition coefficient (Wildman–Crippen LogP) is 3.25. The van der Waals surface area contributed by atoms with Gasteiger partial charge >= 0.3 is 5.97 Å². The van der Waals surface area contributed by atoms with Gasteiger partial charge in [-0.2, -0.15) is 0 Å². The zero-order chi connectivity index (χ0) is 17.9. The normalized spacial score (nSPS) is 12.6. The predicted molar refractivity (Wildman–Crippen MR) is 101 cm³/mol. The van der Waals surface area contributed by atoms with Gasteiger partial charge in [-0.1, -0.05) is 42.5 Å². The number of rotatable bonds is 4. The number of ether oxygens (including phenoxy) is 1. The highest BCUT2D eigenvalue weighted by molar-refractivity contribution is 6.03. The van der Waals surface area contributed by atoms with Crippen LogP contribution < -0.4 is 5.32 Å². The lowest BCUT2D eigenvalue weighted by atomic mass is 10.1. The van der Waals surface area contributed by atoms with Crippen LogP contribution in [0.15, 0.2) is 59.6 Å². The molecule has 2 aromatic carbocycles. The average Bonchev–Trinajstić information content (AvgIpc) is 3.07. The molecular formula is C21H19N3O2. The standard InChI is InChI=1S/C21H19N3O2/c1-14-12-18(17-8-4-5-9-19(17)24-14)21(25)26-11-10-22-20-16-7-3-2-6-15(16)13-23-20/h2-9,12H,10-11,13H2,1H3,(H,22,23). The number of nitrogens with zero attached hydrogens (tertiary/aromatic N) is 2. The van der Waals surface area contributed by atoms with E-state index in [0.29, 0.717) is 18.7 Å². The Morgan fingerprint density at radius 2 is 1.96 bits per heavy atom. The molecule has 0 saturated heterocycles. The van der Waals surface area contributed by atoms with Crippen molar-refractivity contribution in [2.45, 2.75) is 13.5 Å². The Hall–Kier alpha value is -3.21. The number of pyridine rings is 1. The van der Waals surface area contributed by atoms with Crippen molar-refractivity contribution in [2.24, 2.45) is 4.99 Å². The molecule has 130 valence electrons. The Bertz CT molecular complexity index is 1010. The van der Waals surface area contributed by atoms with Gasteiger partial charge < -0.3 is 10.1 Å². The second-order valence-electron chi connectivity index (χ2n) is 6.21. The van der Waals surface area contributed by atoms with Gasteiger partial charge in [0.2, 0.25) is 0 Å². The van der Waals surface area contributed by atoms with Crippen LogP contribution >= 0.6 is 0 Å². The van der Waals surface area contributed by atoms with Gasteiger partial charge in [0, 0.05) is 16.6 Å². The first-order valence-electron chi connectivity index (χ1n) is 8.62. The average molecular weight is 345 g/mol. The lowest BCUT2D eigenvalue weighted by Crippen LogP contribution is -2.28. The summed E-state index contributed by atoms with van der Waals surface area (Å²) in [5.74, 6) is 0.532. The summed E-state index contributed by atoms with van der Waals surface area (Å²) in [6, 6.07) is 17.5. The summed E-state index contributed by atoms with van der Waals surface area (Å²) in [6.45, 7) is 3.36. The third-order valence-corrected chi connectivity index (χ3v) is 4.37. The van der Waals surface area contributed by atoms with Crippen LogP contribution in [0.25, 0.3) is 10.9 Å². The number of nitrogens with one attached hydrogen (secondary N) is 1. The number of aliphatic imine (C=N–C) groups is 1. The van der Waals surface area contributed by atoms with Gasteiger partial charge in [0.1, 0.15) is 12.4 Å². The minimum atomic E-state index is -0.331. The molecule has 1 N–H and O–H groups in total. The number of aromatic nitrogens is 1. The van der Waals surface area contributed by atoms with E-state index in [2.05, 4.69) is 21.4 Å². The van der Waals surface area contributed by atoms with Gasteiger partial charge in [0.25, 0.3) is 0 Å². The number of aryl methyl sites for hydroxylation is 1. The lowest BCUT2D eigenvalue weighted by molar-refractivity contribution is 0.0515. The van der Waals surface area contributed by atoms with Crippen molar-refractivity contribution in [1.82, 2.24) is 10.3 Å². The Balaban J connectivity index is 1.38. The highest BCUT2D eigenvalue weighted by Gasteiger charge is 2.15. The maximum Gasteiger partial charge on any atom is 0.338 e. The molecule has 4 rings (SSSR count). The number of hydrogen-bond donors (Lipinski definition) is 1. The minimum Gasteiger partial charge on any atom is -0.460 e. The molecule has 1 aliphatic heterocycles. The summed E-state index contributed by atoms with van der Waals surface area (Å²) in [7, 11) is 0. The topological polar surface area (TPSA) is 63.6 Å². The van der Waals surface area contributed by atoms with Gasteiger partial charge in [0.15, 0.2) is 0 Å². The molecule has 26 heavy (non-hydrogen) atoms. The number of esters is 1. The largest absolute Gasteiger partial charge is 0.460 e. The zero-order valence-electron chi connectivity index (χ0n) is 14.5. The second-order valence-corrected chi connectivity index (χ2v) is 6.21. The van der Waals surface area contributed by atoms with Crippen molar-refractivity contribution >= 4 is 22.7 Å². The Labute approximate surface area is 151 Å². The molecule has 0 radical (unpaired) electrons. The highest BCUT2D eigenvalue weighted by atomic mass is 16.5. The zero-order valence-corrected chi connectivity index (χ0v) is 14.5. The molecule has 0 saturated carbocycles. The monoisotopic (exact) mass is 345 g/mol. The third-order valence-electron chi connectivity index (χ3n) is 4.37. The van der Waals surface area contributed by atoms with Crippen LogP contribution in [0.3, 0.4) is 0 Å². The van der Waals surface area contributed by atoms with E-state index in [9.17, 15) is 4.79 Å². The van der Waals surface area contributed by atoms with Crippen LogP contribution in [0.2, 0.25) is 0 Å². The molecule has 0 unspecified atom stereocenters. The highest BCUT2D eigenvalue weighted by Crippen LogP contribution is 2.19. The Kier molecular flexibility index (Phi) is 4.35. The molecule has 1 aromatic heterocycles. The van der Waals surface area contributed by atoms with Crippen molar-refractivity contribution < 1.29 is 9.53 Å². The van der Waals surface area contributed by atoms with Crippen LogP contribution in [-0.4, -0.2) is 29.9 Å². The van der Waals surface area contributed by atoms with Gasteiger partial charge in [-0.05, 0) is 24.6 Å². The van der Waals surface area contributed by atoms with Crippen molar-refractivity contribution in [3.63, 3.8) is 0 Å². The van der Waals surface area contributed by atoms with Gasteiger partial charge in [-0.3, -0.25) is 9.98 Å². The second kappa shape index (κ2) is 6.96. The first-order valence-corrected chi connectivity index (χ1v) is 8.62. The van der Waals surface area contributed by atoms with E-state index in [1.54, 1.807) is 6.07 Å². The van der Waals surface area contributed by atoms with Crippen molar-refractivity contribution in [1.29, 1.82) is 0 Å². The van der Waals surface area contributed by atoms with E-state index in [1.165, 1.54) is 5.56 Å². The lowest BCUT2D eigenvalue weighted by Gasteiger charge is -2.10. The van der Waals surface area contributed by atoms with Crippen LogP contribution in [0, 0.1) is 6.92 Å². The minimum absolute atomic E-state index is 0.274. The fourth-order valence-corrected chi connectivity index (χ4v) is 3.16. The van der Waals surface area contributed by atoms with Gasteiger partial charge in [-0.25, -0.2) is 4.79 Å².